The minimum absolute atomic E-state index is 0.653. The summed E-state index contributed by atoms with van der Waals surface area (Å²) in [6.07, 6.45) is 0. The average Bonchev–Trinajstić information content (AvgIpc) is 2.76. The van der Waals surface area contributed by atoms with E-state index in [9.17, 15) is 0 Å². The van der Waals surface area contributed by atoms with Crippen LogP contribution < -0.4 is 20.3 Å². The molecule has 6 heteroatoms. The molecular weight excluding hydrogens is 364 g/mol. The van der Waals surface area contributed by atoms with Crippen molar-refractivity contribution >= 4 is 11.6 Å². The van der Waals surface area contributed by atoms with Gasteiger partial charge in [-0.15, -0.1) is 0 Å². The van der Waals surface area contributed by atoms with Crippen LogP contribution in [-0.4, -0.2) is 45.9 Å². The van der Waals surface area contributed by atoms with Gasteiger partial charge in [-0.3, -0.25) is 4.99 Å². The normalized spacial score (nSPS) is 14.6. The highest BCUT2D eigenvalue weighted by Gasteiger charge is 2.14. The summed E-state index contributed by atoms with van der Waals surface area (Å²) in [6.45, 7) is 9.52. The molecule has 29 heavy (non-hydrogen) atoms. The fourth-order valence-corrected chi connectivity index (χ4v) is 3.45. The molecular formula is C23H32N4O2. The van der Waals surface area contributed by atoms with E-state index in [2.05, 4.69) is 69.9 Å². The Labute approximate surface area is 173 Å². The minimum Gasteiger partial charge on any atom is -0.494 e. The lowest BCUT2D eigenvalue weighted by Gasteiger charge is -2.30. The van der Waals surface area contributed by atoms with Crippen molar-refractivity contribution in [3.05, 3.63) is 59.2 Å². The molecule has 3 rings (SSSR count). The first-order valence-corrected chi connectivity index (χ1v) is 10.3. The van der Waals surface area contributed by atoms with E-state index in [4.69, 9.17) is 9.47 Å². The maximum atomic E-state index is 5.78. The van der Waals surface area contributed by atoms with Crippen molar-refractivity contribution in [1.82, 2.24) is 10.6 Å². The molecule has 2 N–H and O–H groups in total. The Morgan fingerprint density at radius 3 is 2.52 bits per heavy atom. The number of nitrogens with zero attached hydrogens (tertiary/aromatic N) is 2. The molecule has 2 aromatic carbocycles. The van der Waals surface area contributed by atoms with Gasteiger partial charge < -0.3 is 25.0 Å². The molecule has 0 aromatic heterocycles. The molecule has 156 valence electrons. The Bertz CT molecular complexity index is 816. The molecule has 0 amide bonds. The molecule has 1 fully saturated rings. The molecule has 2 aromatic rings. The zero-order chi connectivity index (χ0) is 20.5. The molecule has 0 spiro atoms. The van der Waals surface area contributed by atoms with Gasteiger partial charge in [-0.2, -0.15) is 0 Å². The maximum Gasteiger partial charge on any atom is 0.191 e. The monoisotopic (exact) mass is 396 g/mol. The van der Waals surface area contributed by atoms with Crippen LogP contribution in [0.2, 0.25) is 0 Å². The molecule has 1 saturated heterocycles. The number of benzene rings is 2. The van der Waals surface area contributed by atoms with Gasteiger partial charge in [-0.1, -0.05) is 30.3 Å². The lowest BCUT2D eigenvalue weighted by molar-refractivity contribution is 0.122. The Morgan fingerprint density at radius 2 is 1.79 bits per heavy atom. The van der Waals surface area contributed by atoms with Gasteiger partial charge in [0.05, 0.1) is 19.8 Å². The first kappa shape index (κ1) is 21.0. The second kappa shape index (κ2) is 10.7. The summed E-state index contributed by atoms with van der Waals surface area (Å²) in [5.41, 5.74) is 4.83. The lowest BCUT2D eigenvalue weighted by Crippen LogP contribution is -2.39. The average molecular weight is 397 g/mol. The van der Waals surface area contributed by atoms with Crippen molar-refractivity contribution in [2.45, 2.75) is 26.9 Å². The number of morpholine rings is 1. The molecule has 6 nitrogen and oxygen atoms in total. The molecule has 0 unspecified atom stereocenters. The topological polar surface area (TPSA) is 58.1 Å². The predicted octanol–water partition coefficient (Wildman–Crippen LogP) is 3.10. The standard InChI is InChI=1S/C23H32N4O2/c1-4-29-22-15-18(2)9-10-20(22)17-26-23(24-3)25-16-19-7-5-6-8-21(19)27-11-13-28-14-12-27/h5-10,15H,4,11-14,16-17H2,1-3H3,(H2,24,25,26). The Hall–Kier alpha value is -2.73. The molecule has 1 heterocycles. The van der Waals surface area contributed by atoms with Gasteiger partial charge in [0.25, 0.3) is 0 Å². The number of aliphatic imine (C=N–C) groups is 1. The first-order chi connectivity index (χ1) is 14.2. The van der Waals surface area contributed by atoms with E-state index in [0.29, 0.717) is 19.7 Å². The van der Waals surface area contributed by atoms with Crippen LogP contribution in [0.15, 0.2) is 47.5 Å². The summed E-state index contributed by atoms with van der Waals surface area (Å²) in [5, 5.41) is 6.84. The predicted molar refractivity (Wildman–Crippen MR) is 119 cm³/mol. The third-order valence-electron chi connectivity index (χ3n) is 4.98. The highest BCUT2D eigenvalue weighted by Crippen LogP contribution is 2.22. The van der Waals surface area contributed by atoms with Crippen molar-refractivity contribution in [3.63, 3.8) is 0 Å². The number of nitrogens with one attached hydrogen (secondary N) is 2. The molecule has 1 aliphatic heterocycles. The van der Waals surface area contributed by atoms with Gasteiger partial charge in [0, 0.05) is 44.5 Å². The second-order valence-electron chi connectivity index (χ2n) is 7.05. The number of hydrogen-bond acceptors (Lipinski definition) is 4. The summed E-state index contributed by atoms with van der Waals surface area (Å²) in [6, 6.07) is 14.8. The Balaban J connectivity index is 1.61. The number of ether oxygens (including phenoxy) is 2. The van der Waals surface area contributed by atoms with Gasteiger partial charge in [0.15, 0.2) is 5.96 Å². The van der Waals surface area contributed by atoms with Gasteiger partial charge >= 0.3 is 0 Å². The quantitative estimate of drug-likeness (QED) is 0.556. The fraction of sp³-hybridized carbons (Fsp3) is 0.435. The van der Waals surface area contributed by atoms with Crippen molar-refractivity contribution < 1.29 is 9.47 Å². The van der Waals surface area contributed by atoms with Gasteiger partial charge in [0.1, 0.15) is 5.75 Å². The van der Waals surface area contributed by atoms with Crippen molar-refractivity contribution in [3.8, 4) is 5.75 Å². The minimum atomic E-state index is 0.653. The molecule has 0 aliphatic carbocycles. The van der Waals surface area contributed by atoms with E-state index in [1.807, 2.05) is 6.92 Å². The second-order valence-corrected chi connectivity index (χ2v) is 7.05. The largest absolute Gasteiger partial charge is 0.494 e. The van der Waals surface area contributed by atoms with Crippen LogP contribution in [0.5, 0.6) is 5.75 Å². The van der Waals surface area contributed by atoms with Crippen molar-refractivity contribution in [2.75, 3.05) is 44.9 Å². The SMILES string of the molecule is CCOc1cc(C)ccc1CNC(=NC)NCc1ccccc1N1CCOCC1. The van der Waals surface area contributed by atoms with E-state index in [1.165, 1.54) is 16.8 Å². The Morgan fingerprint density at radius 1 is 1.07 bits per heavy atom. The molecule has 1 aliphatic rings. The van der Waals surface area contributed by atoms with E-state index in [-0.39, 0.29) is 0 Å². The number of para-hydroxylation sites is 1. The van der Waals surface area contributed by atoms with Crippen LogP contribution in [0.3, 0.4) is 0 Å². The van der Waals surface area contributed by atoms with E-state index < -0.39 is 0 Å². The van der Waals surface area contributed by atoms with Crippen molar-refractivity contribution in [2.24, 2.45) is 4.99 Å². The highest BCUT2D eigenvalue weighted by molar-refractivity contribution is 5.80. The zero-order valence-electron chi connectivity index (χ0n) is 17.7. The summed E-state index contributed by atoms with van der Waals surface area (Å²) >= 11 is 0. The summed E-state index contributed by atoms with van der Waals surface area (Å²) < 4.78 is 11.3. The van der Waals surface area contributed by atoms with Crippen LogP contribution in [0, 0.1) is 6.92 Å². The van der Waals surface area contributed by atoms with Crippen LogP contribution in [-0.2, 0) is 17.8 Å². The van der Waals surface area contributed by atoms with Crippen LogP contribution >= 0.6 is 0 Å². The number of hydrogen-bond donors (Lipinski definition) is 2. The molecule has 0 atom stereocenters. The number of anilines is 1. The van der Waals surface area contributed by atoms with E-state index in [1.54, 1.807) is 7.05 Å². The smallest absolute Gasteiger partial charge is 0.191 e. The van der Waals surface area contributed by atoms with Gasteiger partial charge in [-0.25, -0.2) is 0 Å². The van der Waals surface area contributed by atoms with E-state index in [0.717, 1.165) is 43.6 Å². The van der Waals surface area contributed by atoms with Gasteiger partial charge in [0.2, 0.25) is 0 Å². The van der Waals surface area contributed by atoms with E-state index >= 15 is 0 Å². The third kappa shape index (κ3) is 5.87. The molecule has 0 saturated carbocycles. The lowest BCUT2D eigenvalue weighted by atomic mass is 10.1. The fourth-order valence-electron chi connectivity index (χ4n) is 3.45. The number of aryl methyl sites for hydroxylation is 1. The third-order valence-corrected chi connectivity index (χ3v) is 4.98. The highest BCUT2D eigenvalue weighted by atomic mass is 16.5. The number of rotatable bonds is 7. The maximum absolute atomic E-state index is 5.78. The van der Waals surface area contributed by atoms with Crippen LogP contribution in [0.4, 0.5) is 5.69 Å². The first-order valence-electron chi connectivity index (χ1n) is 10.3. The number of guanidine groups is 1. The Kier molecular flexibility index (Phi) is 7.76. The van der Waals surface area contributed by atoms with Gasteiger partial charge in [-0.05, 0) is 37.1 Å². The zero-order valence-corrected chi connectivity index (χ0v) is 17.7. The van der Waals surface area contributed by atoms with Crippen molar-refractivity contribution in [1.29, 1.82) is 0 Å². The molecule has 0 radical (unpaired) electrons. The summed E-state index contributed by atoms with van der Waals surface area (Å²) in [5.74, 6) is 1.69. The summed E-state index contributed by atoms with van der Waals surface area (Å²) in [4.78, 5) is 6.76. The summed E-state index contributed by atoms with van der Waals surface area (Å²) in [7, 11) is 1.79. The van der Waals surface area contributed by atoms with Crippen LogP contribution in [0.25, 0.3) is 0 Å². The molecule has 0 bridgehead atoms. The van der Waals surface area contributed by atoms with Crippen LogP contribution in [0.1, 0.15) is 23.6 Å².